The van der Waals surface area contributed by atoms with Gasteiger partial charge in [-0.1, -0.05) is 54.6 Å². The number of rotatable bonds is 9. The molecular formula is C28H33NO5S. The topological polar surface area (TPSA) is 72.9 Å². The van der Waals surface area contributed by atoms with E-state index in [4.69, 9.17) is 8.92 Å². The third-order valence-corrected chi connectivity index (χ3v) is 7.17. The first-order chi connectivity index (χ1) is 16.7. The van der Waals surface area contributed by atoms with Gasteiger partial charge in [0.2, 0.25) is 5.91 Å². The molecule has 7 heteroatoms. The third-order valence-electron chi connectivity index (χ3n) is 6.57. The van der Waals surface area contributed by atoms with Crippen molar-refractivity contribution in [1.82, 2.24) is 4.90 Å². The van der Waals surface area contributed by atoms with Gasteiger partial charge in [-0.2, -0.15) is 8.42 Å². The first-order valence-electron chi connectivity index (χ1n) is 12.0. The summed E-state index contributed by atoms with van der Waals surface area (Å²) in [6, 6.07) is 22.1. The largest absolute Gasteiger partial charge is 0.491 e. The Morgan fingerprint density at radius 2 is 1.80 bits per heavy atom. The number of likely N-dealkylation sites (tertiary alicyclic amines) is 1. The molecule has 0 aliphatic carbocycles. The van der Waals surface area contributed by atoms with Crippen molar-refractivity contribution in [2.75, 3.05) is 26.0 Å². The van der Waals surface area contributed by atoms with Crippen LogP contribution in [0.5, 0.6) is 5.75 Å². The molecule has 0 aromatic heterocycles. The molecule has 1 aliphatic rings. The van der Waals surface area contributed by atoms with E-state index in [0.717, 1.165) is 40.3 Å². The summed E-state index contributed by atoms with van der Waals surface area (Å²) >= 11 is 0. The van der Waals surface area contributed by atoms with Crippen molar-refractivity contribution in [3.63, 3.8) is 0 Å². The number of amides is 1. The second kappa shape index (κ2) is 10.4. The van der Waals surface area contributed by atoms with Crippen LogP contribution in [0.4, 0.5) is 0 Å². The van der Waals surface area contributed by atoms with Crippen LogP contribution < -0.4 is 4.74 Å². The summed E-state index contributed by atoms with van der Waals surface area (Å²) in [7, 11) is -3.54. The molecule has 1 saturated heterocycles. The molecular weight excluding hydrogens is 462 g/mol. The number of fused-ring (bicyclic) bond motifs is 1. The van der Waals surface area contributed by atoms with Crippen molar-refractivity contribution < 1.29 is 22.1 Å². The highest BCUT2D eigenvalue weighted by Crippen LogP contribution is 2.41. The fourth-order valence-electron chi connectivity index (χ4n) is 5.01. The molecule has 0 bridgehead atoms. The number of carbonyl (C=O) groups excluding carboxylic acids is 1. The maximum absolute atomic E-state index is 13.3. The highest BCUT2D eigenvalue weighted by Gasteiger charge is 2.42. The molecule has 35 heavy (non-hydrogen) atoms. The first kappa shape index (κ1) is 25.2. The van der Waals surface area contributed by atoms with Gasteiger partial charge in [0, 0.05) is 18.5 Å². The van der Waals surface area contributed by atoms with Gasteiger partial charge >= 0.3 is 0 Å². The lowest BCUT2D eigenvalue weighted by Gasteiger charge is -2.31. The molecule has 186 valence electrons. The Bertz CT molecular complexity index is 1300. The summed E-state index contributed by atoms with van der Waals surface area (Å²) in [6.07, 6.45) is 2.68. The lowest BCUT2D eigenvalue weighted by Crippen LogP contribution is -2.36. The average Bonchev–Trinajstić information content (AvgIpc) is 3.23. The van der Waals surface area contributed by atoms with Crippen molar-refractivity contribution in [3.05, 3.63) is 77.9 Å². The van der Waals surface area contributed by atoms with Crippen molar-refractivity contribution in [2.45, 2.75) is 44.6 Å². The summed E-state index contributed by atoms with van der Waals surface area (Å²) in [5.41, 5.74) is 1.66. The summed E-state index contributed by atoms with van der Waals surface area (Å²) in [6.45, 7) is 5.17. The second-order valence-corrected chi connectivity index (χ2v) is 11.3. The number of benzene rings is 3. The Balaban J connectivity index is 1.58. The fraction of sp³-hybridized carbons (Fsp3) is 0.393. The fourth-order valence-corrected chi connectivity index (χ4v) is 5.39. The average molecular weight is 496 g/mol. The first-order valence-corrected chi connectivity index (χ1v) is 13.8. The zero-order valence-corrected chi connectivity index (χ0v) is 21.4. The van der Waals surface area contributed by atoms with E-state index in [1.807, 2.05) is 61.2 Å². The quantitative estimate of drug-likeness (QED) is 0.402. The molecule has 0 radical (unpaired) electrons. The molecule has 1 atom stereocenters. The van der Waals surface area contributed by atoms with Crippen LogP contribution in [0, 0.1) is 0 Å². The number of hydrogen-bond donors (Lipinski definition) is 0. The summed E-state index contributed by atoms with van der Waals surface area (Å²) in [4.78, 5) is 15.2. The van der Waals surface area contributed by atoms with Gasteiger partial charge in [-0.25, -0.2) is 0 Å². The van der Waals surface area contributed by atoms with Gasteiger partial charge in [-0.05, 0) is 60.7 Å². The summed E-state index contributed by atoms with van der Waals surface area (Å²) in [5, 5.41) is 2.25. The molecule has 1 aliphatic heterocycles. The third kappa shape index (κ3) is 6.21. The van der Waals surface area contributed by atoms with Gasteiger partial charge in [0.1, 0.15) is 5.75 Å². The van der Waals surface area contributed by atoms with Crippen molar-refractivity contribution in [3.8, 4) is 5.75 Å². The number of hydrogen-bond acceptors (Lipinski definition) is 5. The lowest BCUT2D eigenvalue weighted by atomic mass is 9.75. The van der Waals surface area contributed by atoms with Gasteiger partial charge in [0.15, 0.2) is 0 Å². The maximum Gasteiger partial charge on any atom is 0.264 e. The molecule has 1 amide bonds. The molecule has 3 aromatic rings. The van der Waals surface area contributed by atoms with Crippen molar-refractivity contribution in [2.24, 2.45) is 0 Å². The van der Waals surface area contributed by atoms with Crippen LogP contribution in [0.25, 0.3) is 10.8 Å². The maximum atomic E-state index is 13.3. The minimum absolute atomic E-state index is 0.0536. The Kier molecular flexibility index (Phi) is 7.47. The predicted molar refractivity (Wildman–Crippen MR) is 138 cm³/mol. The molecule has 6 nitrogen and oxygen atoms in total. The monoisotopic (exact) mass is 495 g/mol. The van der Waals surface area contributed by atoms with E-state index in [1.165, 1.54) is 0 Å². The minimum Gasteiger partial charge on any atom is -0.491 e. The lowest BCUT2D eigenvalue weighted by molar-refractivity contribution is -0.129. The predicted octanol–water partition coefficient (Wildman–Crippen LogP) is 4.71. The van der Waals surface area contributed by atoms with E-state index in [-0.39, 0.29) is 24.0 Å². The van der Waals surface area contributed by atoms with Crippen LogP contribution in [0.2, 0.25) is 0 Å². The van der Waals surface area contributed by atoms with Gasteiger partial charge in [-0.15, -0.1) is 0 Å². The smallest absolute Gasteiger partial charge is 0.264 e. The molecule has 0 spiro atoms. The van der Waals surface area contributed by atoms with E-state index < -0.39 is 10.1 Å². The Morgan fingerprint density at radius 1 is 1.06 bits per heavy atom. The Hall–Kier alpha value is -2.90. The minimum atomic E-state index is -3.54. The number of carbonyl (C=O) groups is 1. The van der Waals surface area contributed by atoms with Crippen LogP contribution >= 0.6 is 0 Å². The molecule has 4 rings (SSSR count). The van der Waals surface area contributed by atoms with E-state index in [1.54, 1.807) is 0 Å². The summed E-state index contributed by atoms with van der Waals surface area (Å²) in [5.74, 6) is 0.813. The van der Waals surface area contributed by atoms with Crippen LogP contribution in [-0.4, -0.2) is 51.3 Å². The van der Waals surface area contributed by atoms with Crippen LogP contribution in [0.1, 0.15) is 37.8 Å². The SMILES string of the molecule is CC(C)Oc1cccc(CC(=O)N2CC[C@](CCOS(C)(=O)=O)(c3cccc4ccccc34)C2)c1. The molecule has 1 fully saturated rings. The Morgan fingerprint density at radius 3 is 2.57 bits per heavy atom. The number of ether oxygens (including phenoxy) is 1. The van der Waals surface area contributed by atoms with E-state index >= 15 is 0 Å². The second-order valence-electron chi connectivity index (χ2n) is 9.64. The zero-order valence-electron chi connectivity index (χ0n) is 20.6. The van der Waals surface area contributed by atoms with Gasteiger partial charge in [0.25, 0.3) is 10.1 Å². The molecule has 0 N–H and O–H groups in total. The highest BCUT2D eigenvalue weighted by molar-refractivity contribution is 7.85. The van der Waals surface area contributed by atoms with E-state index in [0.29, 0.717) is 25.9 Å². The van der Waals surface area contributed by atoms with Crippen LogP contribution in [0.3, 0.4) is 0 Å². The van der Waals surface area contributed by atoms with Crippen LogP contribution in [-0.2, 0) is 30.9 Å². The van der Waals surface area contributed by atoms with Crippen molar-refractivity contribution >= 4 is 26.8 Å². The van der Waals surface area contributed by atoms with E-state index in [9.17, 15) is 13.2 Å². The standard InChI is InChI=1S/C28H33NO5S/c1-21(2)34-24-11-6-8-22(18-24)19-27(30)29-16-14-28(20-29,15-17-33-35(3,31)32)26-13-7-10-23-9-4-5-12-25(23)26/h4-13,18,21H,14-17,19-20H2,1-3H3/t28-/m1/s1. The molecule has 0 saturated carbocycles. The Labute approximate surface area is 208 Å². The number of nitrogens with zero attached hydrogens (tertiary/aromatic N) is 1. The van der Waals surface area contributed by atoms with E-state index in [2.05, 4.69) is 24.3 Å². The summed E-state index contributed by atoms with van der Waals surface area (Å²) < 4.78 is 34.2. The van der Waals surface area contributed by atoms with Crippen LogP contribution in [0.15, 0.2) is 66.7 Å². The van der Waals surface area contributed by atoms with Crippen molar-refractivity contribution in [1.29, 1.82) is 0 Å². The molecule has 3 aromatic carbocycles. The highest BCUT2D eigenvalue weighted by atomic mass is 32.2. The normalized spacial score (nSPS) is 18.3. The van der Waals surface area contributed by atoms with Gasteiger partial charge < -0.3 is 9.64 Å². The molecule has 0 unspecified atom stereocenters. The van der Waals surface area contributed by atoms with Gasteiger partial charge in [0.05, 0.1) is 25.4 Å². The zero-order chi connectivity index (χ0) is 25.1. The molecule has 1 heterocycles. The van der Waals surface area contributed by atoms with Gasteiger partial charge in [-0.3, -0.25) is 8.98 Å².